The van der Waals surface area contributed by atoms with E-state index in [1.54, 1.807) is 0 Å². The highest BCUT2D eigenvalue weighted by atomic mass is 31.1. The van der Waals surface area contributed by atoms with Crippen LogP contribution in [0.15, 0.2) is 60.7 Å². The molecule has 2 aromatic carbocycles. The van der Waals surface area contributed by atoms with Gasteiger partial charge in [0.25, 0.3) is 0 Å². The zero-order valence-electron chi connectivity index (χ0n) is 14.6. The van der Waals surface area contributed by atoms with Crippen molar-refractivity contribution in [1.82, 2.24) is 4.90 Å². The topological polar surface area (TPSA) is 3.24 Å². The fourth-order valence-electron chi connectivity index (χ4n) is 4.69. The molecule has 24 heavy (non-hydrogen) atoms. The average molecular weight is 337 g/mol. The minimum absolute atomic E-state index is 0.246. The van der Waals surface area contributed by atoms with E-state index >= 15 is 0 Å². The second-order valence-corrected chi connectivity index (χ2v) is 9.64. The van der Waals surface area contributed by atoms with Crippen LogP contribution in [0.4, 0.5) is 0 Å². The SMILES string of the molecule is CC[C@H]1CN2CC[C@H]1C[C@H]2CP(c1ccccc1)c1ccccc1. The predicted octanol–water partition coefficient (Wildman–Crippen LogP) is 4.24. The highest BCUT2D eigenvalue weighted by Crippen LogP contribution is 2.43. The molecule has 3 fully saturated rings. The van der Waals surface area contributed by atoms with Gasteiger partial charge < -0.3 is 0 Å². The summed E-state index contributed by atoms with van der Waals surface area (Å²) >= 11 is 0. The molecule has 2 heteroatoms. The van der Waals surface area contributed by atoms with Crippen molar-refractivity contribution in [3.8, 4) is 0 Å². The zero-order chi connectivity index (χ0) is 16.4. The summed E-state index contributed by atoms with van der Waals surface area (Å²) in [4.78, 5) is 2.81. The Morgan fingerprint density at radius 1 is 0.958 bits per heavy atom. The van der Waals surface area contributed by atoms with E-state index in [1.165, 1.54) is 49.1 Å². The smallest absolute Gasteiger partial charge is 0.0143 e. The highest BCUT2D eigenvalue weighted by Gasteiger charge is 2.40. The molecule has 3 aliphatic heterocycles. The summed E-state index contributed by atoms with van der Waals surface area (Å²) in [5.41, 5.74) is 0. The summed E-state index contributed by atoms with van der Waals surface area (Å²) in [5, 5.41) is 3.07. The first-order valence-corrected chi connectivity index (χ1v) is 11.0. The predicted molar refractivity (Wildman–Crippen MR) is 106 cm³/mol. The summed E-state index contributed by atoms with van der Waals surface area (Å²) in [6.45, 7) is 5.06. The lowest BCUT2D eigenvalue weighted by molar-refractivity contribution is 0.00928. The molecule has 5 rings (SSSR count). The molecule has 3 saturated heterocycles. The number of hydrogen-bond donors (Lipinski definition) is 0. The second kappa shape index (κ2) is 7.38. The van der Waals surface area contributed by atoms with Crippen LogP contribution in [-0.2, 0) is 0 Å². The quantitative estimate of drug-likeness (QED) is 0.738. The molecule has 3 heterocycles. The van der Waals surface area contributed by atoms with E-state index in [0.29, 0.717) is 0 Å². The Morgan fingerprint density at radius 2 is 1.58 bits per heavy atom. The summed E-state index contributed by atoms with van der Waals surface area (Å²) < 4.78 is 0. The number of rotatable bonds is 5. The number of hydrogen-bond acceptors (Lipinski definition) is 1. The van der Waals surface area contributed by atoms with E-state index in [2.05, 4.69) is 72.5 Å². The molecule has 0 N–H and O–H groups in total. The minimum atomic E-state index is -0.246. The van der Waals surface area contributed by atoms with Crippen LogP contribution in [0.2, 0.25) is 0 Å². The van der Waals surface area contributed by atoms with Crippen molar-refractivity contribution in [2.45, 2.75) is 32.2 Å². The first-order valence-electron chi connectivity index (χ1n) is 9.47. The van der Waals surface area contributed by atoms with Crippen molar-refractivity contribution in [2.75, 3.05) is 19.3 Å². The van der Waals surface area contributed by atoms with E-state index in [-0.39, 0.29) is 7.92 Å². The molecular formula is C22H28NP. The van der Waals surface area contributed by atoms with Crippen molar-refractivity contribution in [1.29, 1.82) is 0 Å². The van der Waals surface area contributed by atoms with E-state index in [0.717, 1.165) is 17.9 Å². The zero-order valence-corrected chi connectivity index (χ0v) is 15.5. The van der Waals surface area contributed by atoms with Gasteiger partial charge >= 0.3 is 0 Å². The molecule has 0 spiro atoms. The monoisotopic (exact) mass is 337 g/mol. The van der Waals surface area contributed by atoms with Crippen LogP contribution in [0.5, 0.6) is 0 Å². The third-order valence-corrected chi connectivity index (χ3v) is 8.70. The lowest BCUT2D eigenvalue weighted by Crippen LogP contribution is -2.54. The van der Waals surface area contributed by atoms with Crippen molar-refractivity contribution in [3.63, 3.8) is 0 Å². The lowest BCUT2D eigenvalue weighted by atomic mass is 9.75. The van der Waals surface area contributed by atoms with Crippen molar-refractivity contribution >= 4 is 18.5 Å². The molecule has 2 bridgehead atoms. The van der Waals surface area contributed by atoms with Gasteiger partial charge in [-0.05, 0) is 55.9 Å². The van der Waals surface area contributed by atoms with Gasteiger partial charge in [0.2, 0.25) is 0 Å². The maximum atomic E-state index is 2.81. The molecule has 0 radical (unpaired) electrons. The molecule has 0 aliphatic carbocycles. The van der Waals surface area contributed by atoms with Crippen LogP contribution >= 0.6 is 7.92 Å². The van der Waals surface area contributed by atoms with Gasteiger partial charge in [0.05, 0.1) is 0 Å². The van der Waals surface area contributed by atoms with Crippen molar-refractivity contribution in [3.05, 3.63) is 60.7 Å². The molecule has 3 aliphatic rings. The van der Waals surface area contributed by atoms with E-state index in [9.17, 15) is 0 Å². The van der Waals surface area contributed by atoms with Gasteiger partial charge in [-0.15, -0.1) is 0 Å². The number of fused-ring (bicyclic) bond motifs is 3. The van der Waals surface area contributed by atoms with Crippen LogP contribution in [0.1, 0.15) is 26.2 Å². The van der Waals surface area contributed by atoms with Gasteiger partial charge in [-0.1, -0.05) is 74.0 Å². The van der Waals surface area contributed by atoms with Gasteiger partial charge in [-0.25, -0.2) is 0 Å². The highest BCUT2D eigenvalue weighted by molar-refractivity contribution is 7.73. The maximum Gasteiger partial charge on any atom is 0.0143 e. The third kappa shape index (κ3) is 3.30. The fourth-order valence-corrected chi connectivity index (χ4v) is 7.27. The molecule has 4 atom stereocenters. The van der Waals surface area contributed by atoms with Crippen LogP contribution < -0.4 is 10.6 Å². The largest absolute Gasteiger partial charge is 0.300 e. The third-order valence-electron chi connectivity index (χ3n) is 6.07. The number of benzene rings is 2. The van der Waals surface area contributed by atoms with Gasteiger partial charge in [-0.3, -0.25) is 4.90 Å². The summed E-state index contributed by atoms with van der Waals surface area (Å²) in [6, 6.07) is 23.2. The van der Waals surface area contributed by atoms with Crippen LogP contribution in [0.3, 0.4) is 0 Å². The Bertz CT molecular complexity index is 602. The number of piperidine rings is 3. The summed E-state index contributed by atoms with van der Waals surface area (Å²) in [5.74, 6) is 1.93. The fraction of sp³-hybridized carbons (Fsp3) is 0.455. The Morgan fingerprint density at radius 3 is 2.08 bits per heavy atom. The first-order chi connectivity index (χ1) is 11.8. The van der Waals surface area contributed by atoms with Crippen molar-refractivity contribution in [2.24, 2.45) is 11.8 Å². The standard InChI is InChI=1S/C22H28NP/c1-2-18-16-23-14-13-19(18)15-20(23)17-24(21-9-5-3-6-10-21)22-11-7-4-8-12-22/h3-12,18-20H,2,13-17H2,1H3/t18-,19-,20-/m0/s1. The first kappa shape index (κ1) is 16.3. The van der Waals surface area contributed by atoms with E-state index in [4.69, 9.17) is 0 Å². The van der Waals surface area contributed by atoms with Gasteiger partial charge in [0.1, 0.15) is 0 Å². The van der Waals surface area contributed by atoms with Crippen LogP contribution in [0, 0.1) is 11.8 Å². The average Bonchev–Trinajstić information content (AvgIpc) is 2.68. The van der Waals surface area contributed by atoms with Gasteiger partial charge in [0, 0.05) is 12.6 Å². The molecule has 126 valence electrons. The van der Waals surface area contributed by atoms with Gasteiger partial charge in [-0.2, -0.15) is 0 Å². The molecule has 0 aromatic heterocycles. The molecule has 1 unspecified atom stereocenters. The lowest BCUT2D eigenvalue weighted by Gasteiger charge is -2.50. The maximum absolute atomic E-state index is 2.81. The summed E-state index contributed by atoms with van der Waals surface area (Å²) in [7, 11) is -0.246. The Balaban J connectivity index is 1.57. The molecule has 0 saturated carbocycles. The van der Waals surface area contributed by atoms with Crippen molar-refractivity contribution < 1.29 is 0 Å². The normalized spacial score (nSPS) is 29.1. The van der Waals surface area contributed by atoms with E-state index in [1.807, 2.05) is 0 Å². The Kier molecular flexibility index (Phi) is 5.01. The van der Waals surface area contributed by atoms with Gasteiger partial charge in [0.15, 0.2) is 0 Å². The summed E-state index contributed by atoms with van der Waals surface area (Å²) in [6.07, 6.45) is 5.55. The Hall–Kier alpha value is -1.17. The van der Waals surface area contributed by atoms with Crippen LogP contribution in [-0.4, -0.2) is 30.2 Å². The second-order valence-electron chi connectivity index (χ2n) is 7.38. The minimum Gasteiger partial charge on any atom is -0.300 e. The number of nitrogens with zero attached hydrogens (tertiary/aromatic N) is 1. The molecular weight excluding hydrogens is 309 g/mol. The molecule has 1 nitrogen and oxygen atoms in total. The molecule has 0 amide bonds. The van der Waals surface area contributed by atoms with E-state index < -0.39 is 0 Å². The molecule has 2 aromatic rings. The van der Waals surface area contributed by atoms with Crippen LogP contribution in [0.25, 0.3) is 0 Å². The Labute approximate surface area is 147 Å².